The van der Waals surface area contributed by atoms with Gasteiger partial charge in [0.1, 0.15) is 6.29 Å². The molecule has 100 valence electrons. The largest absolute Gasteiger partial charge is 0.469 e. The summed E-state index contributed by atoms with van der Waals surface area (Å²) in [7, 11) is 1.42. The normalized spacial score (nSPS) is 12.3. The van der Waals surface area contributed by atoms with Crippen LogP contribution in [0.15, 0.2) is 0 Å². The summed E-state index contributed by atoms with van der Waals surface area (Å²) in [6.45, 7) is 8.29. The van der Waals surface area contributed by atoms with E-state index in [4.69, 9.17) is 0 Å². The fourth-order valence-corrected chi connectivity index (χ4v) is 2.34. The van der Waals surface area contributed by atoms with Crippen molar-refractivity contribution in [3.05, 3.63) is 0 Å². The van der Waals surface area contributed by atoms with Gasteiger partial charge in [-0.2, -0.15) is 0 Å². The van der Waals surface area contributed by atoms with Gasteiger partial charge in [-0.3, -0.25) is 4.79 Å². The maximum Gasteiger partial charge on any atom is 0.305 e. The second-order valence-electron chi connectivity index (χ2n) is 6.23. The number of carbonyl (C=O) groups excluding carboxylic acids is 2. The molecular weight excluding hydrogens is 216 g/mol. The molecule has 0 unspecified atom stereocenters. The number of esters is 1. The molecule has 0 aromatic heterocycles. The Balaban J connectivity index is 3.94. The van der Waals surface area contributed by atoms with Gasteiger partial charge in [0.05, 0.1) is 7.11 Å². The van der Waals surface area contributed by atoms with E-state index in [1.165, 1.54) is 7.11 Å². The summed E-state index contributed by atoms with van der Waals surface area (Å²) in [5.41, 5.74) is -0.119. The fraction of sp³-hybridized carbons (Fsp3) is 0.857. The van der Waals surface area contributed by atoms with Crippen molar-refractivity contribution in [3.63, 3.8) is 0 Å². The molecule has 17 heavy (non-hydrogen) atoms. The van der Waals surface area contributed by atoms with Crippen molar-refractivity contribution in [2.45, 2.75) is 59.8 Å². The van der Waals surface area contributed by atoms with Crippen molar-refractivity contribution in [2.24, 2.45) is 10.8 Å². The Hall–Kier alpha value is -0.860. The van der Waals surface area contributed by atoms with Crippen LogP contribution in [0, 0.1) is 10.8 Å². The Bertz CT molecular complexity index is 254. The van der Waals surface area contributed by atoms with Crippen molar-refractivity contribution >= 4 is 12.3 Å². The first kappa shape index (κ1) is 16.1. The molecule has 0 amide bonds. The predicted molar refractivity (Wildman–Crippen MR) is 68.7 cm³/mol. The molecule has 3 heteroatoms. The zero-order valence-corrected chi connectivity index (χ0v) is 11.8. The Labute approximate surface area is 105 Å². The lowest BCUT2D eigenvalue weighted by Gasteiger charge is -2.31. The summed E-state index contributed by atoms with van der Waals surface area (Å²) < 4.78 is 4.60. The average molecular weight is 242 g/mol. The van der Waals surface area contributed by atoms with Gasteiger partial charge in [-0.25, -0.2) is 0 Å². The quantitative estimate of drug-likeness (QED) is 0.372. The lowest BCUT2D eigenvalue weighted by atomic mass is 9.73. The van der Waals surface area contributed by atoms with Crippen LogP contribution >= 0.6 is 0 Å². The topological polar surface area (TPSA) is 43.4 Å². The van der Waals surface area contributed by atoms with Crippen LogP contribution in [-0.2, 0) is 14.3 Å². The summed E-state index contributed by atoms with van der Waals surface area (Å²) in [6.07, 6.45) is 5.28. The summed E-state index contributed by atoms with van der Waals surface area (Å²) in [5.74, 6) is -0.143. The van der Waals surface area contributed by atoms with Gasteiger partial charge in [-0.05, 0) is 24.7 Å². The minimum absolute atomic E-state index is 0.139. The van der Waals surface area contributed by atoms with E-state index in [1.807, 2.05) is 13.8 Å². The molecule has 0 rings (SSSR count). The van der Waals surface area contributed by atoms with Crippen molar-refractivity contribution in [1.82, 2.24) is 0 Å². The molecule has 0 aromatic carbocycles. The first-order chi connectivity index (χ1) is 7.72. The number of hydrogen-bond donors (Lipinski definition) is 0. The highest BCUT2D eigenvalue weighted by Gasteiger charge is 2.27. The van der Waals surface area contributed by atoms with E-state index < -0.39 is 0 Å². The monoisotopic (exact) mass is 242 g/mol. The summed E-state index contributed by atoms with van der Waals surface area (Å²) in [4.78, 5) is 21.8. The van der Waals surface area contributed by atoms with Gasteiger partial charge in [0.15, 0.2) is 0 Å². The summed E-state index contributed by atoms with van der Waals surface area (Å²) in [6, 6.07) is 0. The third kappa shape index (κ3) is 7.94. The number of methoxy groups -OCH3 is 1. The van der Waals surface area contributed by atoms with Gasteiger partial charge in [-0.15, -0.1) is 0 Å². The van der Waals surface area contributed by atoms with Crippen LogP contribution in [0.1, 0.15) is 59.8 Å². The van der Waals surface area contributed by atoms with Gasteiger partial charge in [0, 0.05) is 11.8 Å². The molecule has 0 aliphatic carbocycles. The molecular formula is C14H26O3. The Morgan fingerprint density at radius 3 is 2.24 bits per heavy atom. The molecule has 0 heterocycles. The van der Waals surface area contributed by atoms with Gasteiger partial charge in [0.2, 0.25) is 0 Å². The van der Waals surface area contributed by atoms with Crippen LogP contribution in [0.25, 0.3) is 0 Å². The van der Waals surface area contributed by atoms with E-state index in [1.54, 1.807) is 0 Å². The van der Waals surface area contributed by atoms with E-state index >= 15 is 0 Å². The van der Waals surface area contributed by atoms with E-state index in [-0.39, 0.29) is 16.8 Å². The SMILES string of the molecule is COC(=O)CCCCC(C)(C)CC(C)(C)C=O. The standard InChI is InChI=1S/C14H26O3/c1-13(2,10-14(3,4)11-15)9-7-6-8-12(16)17-5/h11H,6-10H2,1-5H3. The zero-order valence-electron chi connectivity index (χ0n) is 11.8. The van der Waals surface area contributed by atoms with Crippen LogP contribution in [0.5, 0.6) is 0 Å². The number of rotatable bonds is 8. The average Bonchev–Trinajstić information content (AvgIpc) is 2.22. The molecule has 0 bridgehead atoms. The molecule has 0 aromatic rings. The number of aldehydes is 1. The van der Waals surface area contributed by atoms with E-state index in [9.17, 15) is 9.59 Å². The second kappa shape index (κ2) is 6.77. The number of unbranched alkanes of at least 4 members (excludes halogenated alkanes) is 1. The highest BCUT2D eigenvalue weighted by atomic mass is 16.5. The van der Waals surface area contributed by atoms with Crippen LogP contribution < -0.4 is 0 Å². The fourth-order valence-electron chi connectivity index (χ4n) is 2.34. The Morgan fingerprint density at radius 2 is 1.76 bits per heavy atom. The Kier molecular flexibility index (Phi) is 6.43. The zero-order chi connectivity index (χ0) is 13.5. The third-order valence-electron chi connectivity index (χ3n) is 2.97. The highest BCUT2D eigenvalue weighted by molar-refractivity contribution is 5.68. The molecule has 0 aliphatic heterocycles. The maximum absolute atomic E-state index is 10.9. The van der Waals surface area contributed by atoms with Gasteiger partial charge >= 0.3 is 5.97 Å². The minimum Gasteiger partial charge on any atom is -0.469 e. The summed E-state index contributed by atoms with van der Waals surface area (Å²) >= 11 is 0. The molecule has 0 saturated heterocycles. The first-order valence-electron chi connectivity index (χ1n) is 6.26. The van der Waals surface area contributed by atoms with Crippen LogP contribution in [-0.4, -0.2) is 19.4 Å². The molecule has 0 aliphatic rings. The molecule has 3 nitrogen and oxygen atoms in total. The van der Waals surface area contributed by atoms with Crippen LogP contribution in [0.3, 0.4) is 0 Å². The van der Waals surface area contributed by atoms with Crippen LogP contribution in [0.4, 0.5) is 0 Å². The van der Waals surface area contributed by atoms with Crippen molar-refractivity contribution in [1.29, 1.82) is 0 Å². The number of ether oxygens (including phenoxy) is 1. The molecule has 0 radical (unpaired) electrons. The van der Waals surface area contributed by atoms with Crippen molar-refractivity contribution < 1.29 is 14.3 Å². The van der Waals surface area contributed by atoms with Crippen molar-refractivity contribution in [2.75, 3.05) is 7.11 Å². The predicted octanol–water partition coefficient (Wildman–Crippen LogP) is 3.36. The molecule has 0 fully saturated rings. The molecule has 0 saturated carbocycles. The molecule has 0 spiro atoms. The van der Waals surface area contributed by atoms with Crippen molar-refractivity contribution in [3.8, 4) is 0 Å². The summed E-state index contributed by atoms with van der Waals surface area (Å²) in [5, 5.41) is 0. The number of hydrogen-bond acceptors (Lipinski definition) is 3. The van der Waals surface area contributed by atoms with E-state index in [2.05, 4.69) is 18.6 Å². The molecule has 0 atom stereocenters. The first-order valence-corrected chi connectivity index (χ1v) is 6.26. The van der Waals surface area contributed by atoms with Crippen LogP contribution in [0.2, 0.25) is 0 Å². The molecule has 0 N–H and O–H groups in total. The third-order valence-corrected chi connectivity index (χ3v) is 2.97. The van der Waals surface area contributed by atoms with E-state index in [0.717, 1.165) is 32.0 Å². The van der Waals surface area contributed by atoms with Gasteiger partial charge in [-0.1, -0.05) is 34.1 Å². The minimum atomic E-state index is -0.258. The van der Waals surface area contributed by atoms with Gasteiger partial charge < -0.3 is 9.53 Å². The smallest absolute Gasteiger partial charge is 0.305 e. The lowest BCUT2D eigenvalue weighted by Crippen LogP contribution is -2.24. The second-order valence-corrected chi connectivity index (χ2v) is 6.23. The lowest BCUT2D eigenvalue weighted by molar-refractivity contribution is -0.140. The number of carbonyl (C=O) groups is 2. The Morgan fingerprint density at radius 1 is 1.18 bits per heavy atom. The highest BCUT2D eigenvalue weighted by Crippen LogP contribution is 2.36. The maximum atomic E-state index is 10.9. The van der Waals surface area contributed by atoms with E-state index in [0.29, 0.717) is 6.42 Å². The van der Waals surface area contributed by atoms with Gasteiger partial charge in [0.25, 0.3) is 0 Å².